The third-order valence-electron chi connectivity index (χ3n) is 5.83. The Morgan fingerprint density at radius 1 is 0.970 bits per heavy atom. The van der Waals surface area contributed by atoms with E-state index in [4.69, 9.17) is 14.9 Å². The second-order valence-corrected chi connectivity index (χ2v) is 10.8. The van der Waals surface area contributed by atoms with E-state index < -0.39 is 5.60 Å². The molecule has 2 N–H and O–H groups in total. The minimum atomic E-state index is -0.500. The molecule has 0 aromatic heterocycles. The van der Waals surface area contributed by atoms with Crippen molar-refractivity contribution in [2.45, 2.75) is 140 Å². The molecular formula is C28H60BFO3. The lowest BCUT2D eigenvalue weighted by molar-refractivity contribution is 0.0160. The van der Waals surface area contributed by atoms with E-state index in [0.29, 0.717) is 12.8 Å². The van der Waals surface area contributed by atoms with Crippen LogP contribution in [0.15, 0.2) is 24.1 Å². The molecule has 200 valence electrons. The highest BCUT2D eigenvalue weighted by atomic mass is 19.1. The normalized spacial score (nSPS) is 13.1. The number of aliphatic hydroxyl groups is 2. The zero-order valence-corrected chi connectivity index (χ0v) is 24.9. The SMILES string of the molecule is C=CC(C)(C)C(C)(C)OB(C)CC.CC(C)(C)O.CCCCC(CCC)/C(C)=C(/C)F.CO. The highest BCUT2D eigenvalue weighted by Gasteiger charge is 2.36. The van der Waals surface area contributed by atoms with Crippen LogP contribution in [0.2, 0.25) is 13.1 Å². The molecule has 0 rings (SSSR count). The van der Waals surface area contributed by atoms with Crippen LogP contribution in [0.3, 0.4) is 0 Å². The zero-order valence-electron chi connectivity index (χ0n) is 24.9. The Kier molecular flexibility index (Phi) is 24.8. The van der Waals surface area contributed by atoms with E-state index in [9.17, 15) is 4.39 Å². The molecule has 0 saturated heterocycles. The molecule has 0 aliphatic carbocycles. The molecule has 33 heavy (non-hydrogen) atoms. The van der Waals surface area contributed by atoms with Crippen molar-refractivity contribution >= 4 is 6.92 Å². The maximum absolute atomic E-state index is 13.0. The second kappa shape index (κ2) is 20.7. The van der Waals surface area contributed by atoms with Gasteiger partial charge in [-0.05, 0) is 72.8 Å². The summed E-state index contributed by atoms with van der Waals surface area (Å²) in [6.45, 7) is 30.1. The predicted octanol–water partition coefficient (Wildman–Crippen LogP) is 8.88. The summed E-state index contributed by atoms with van der Waals surface area (Å²) in [5.41, 5.74) is 0.330. The van der Waals surface area contributed by atoms with Gasteiger partial charge in [-0.3, -0.25) is 0 Å². The number of unbranched alkanes of at least 4 members (excludes halogenated alkanes) is 1. The fourth-order valence-electron chi connectivity index (χ4n) is 2.64. The van der Waals surface area contributed by atoms with Crippen LogP contribution in [0, 0.1) is 11.3 Å². The van der Waals surface area contributed by atoms with Gasteiger partial charge < -0.3 is 14.9 Å². The van der Waals surface area contributed by atoms with Crippen LogP contribution in [0.25, 0.3) is 0 Å². The average Bonchev–Trinajstić information content (AvgIpc) is 2.70. The molecule has 0 saturated carbocycles. The fraction of sp³-hybridized carbons (Fsp3) is 0.857. The number of allylic oxidation sites excluding steroid dienone is 2. The monoisotopic (exact) mass is 474 g/mol. The number of hydrogen-bond acceptors (Lipinski definition) is 3. The fourth-order valence-corrected chi connectivity index (χ4v) is 2.64. The van der Waals surface area contributed by atoms with Crippen molar-refractivity contribution < 1.29 is 19.3 Å². The van der Waals surface area contributed by atoms with Crippen LogP contribution < -0.4 is 0 Å². The molecular weight excluding hydrogens is 414 g/mol. The van der Waals surface area contributed by atoms with Gasteiger partial charge >= 0.3 is 0 Å². The smallest absolute Gasteiger partial charge is 0.290 e. The Balaban J connectivity index is -0.000000199. The number of aliphatic hydroxyl groups excluding tert-OH is 1. The molecule has 0 aliphatic heterocycles. The van der Waals surface area contributed by atoms with Crippen LogP contribution >= 0.6 is 0 Å². The maximum atomic E-state index is 13.0. The first-order valence-electron chi connectivity index (χ1n) is 12.7. The minimum Gasteiger partial charge on any atom is -0.431 e. The van der Waals surface area contributed by atoms with Crippen LogP contribution in [0.4, 0.5) is 4.39 Å². The predicted molar refractivity (Wildman–Crippen MR) is 149 cm³/mol. The van der Waals surface area contributed by atoms with Crippen molar-refractivity contribution in [2.24, 2.45) is 11.3 Å². The molecule has 3 nitrogen and oxygen atoms in total. The summed E-state index contributed by atoms with van der Waals surface area (Å²) in [6, 6.07) is 0. The van der Waals surface area contributed by atoms with Gasteiger partial charge in [-0.15, -0.1) is 6.58 Å². The summed E-state index contributed by atoms with van der Waals surface area (Å²) < 4.78 is 18.9. The molecule has 0 heterocycles. The van der Waals surface area contributed by atoms with Crippen molar-refractivity contribution in [1.82, 2.24) is 0 Å². The van der Waals surface area contributed by atoms with Crippen molar-refractivity contribution in [2.75, 3.05) is 7.11 Å². The van der Waals surface area contributed by atoms with E-state index in [1.165, 1.54) is 12.8 Å². The number of rotatable bonds is 11. The largest absolute Gasteiger partial charge is 0.431 e. The summed E-state index contributed by atoms with van der Waals surface area (Å²) >= 11 is 0. The lowest BCUT2D eigenvalue weighted by Gasteiger charge is -2.41. The average molecular weight is 475 g/mol. The third kappa shape index (κ3) is 24.3. The van der Waals surface area contributed by atoms with Crippen molar-refractivity contribution in [3.63, 3.8) is 0 Å². The second-order valence-electron chi connectivity index (χ2n) is 10.8. The summed E-state index contributed by atoms with van der Waals surface area (Å²) in [4.78, 5) is 0. The molecule has 0 spiro atoms. The Bertz CT molecular complexity index is 484. The van der Waals surface area contributed by atoms with Crippen LogP contribution in [0.5, 0.6) is 0 Å². The van der Waals surface area contributed by atoms with E-state index in [1.807, 2.05) is 13.0 Å². The topological polar surface area (TPSA) is 49.7 Å². The first-order valence-corrected chi connectivity index (χ1v) is 12.7. The highest BCUT2D eigenvalue weighted by Crippen LogP contribution is 2.35. The number of hydrogen-bond donors (Lipinski definition) is 2. The van der Waals surface area contributed by atoms with Gasteiger partial charge in [0.25, 0.3) is 6.92 Å². The van der Waals surface area contributed by atoms with E-state index in [2.05, 4.69) is 61.9 Å². The Morgan fingerprint density at radius 2 is 1.39 bits per heavy atom. The summed E-state index contributed by atoms with van der Waals surface area (Å²) in [6.07, 6.45) is 8.88. The van der Waals surface area contributed by atoms with Gasteiger partial charge in [0.15, 0.2) is 0 Å². The number of halogens is 1. The Hall–Kier alpha value is -0.645. The van der Waals surface area contributed by atoms with Gasteiger partial charge in [0, 0.05) is 12.5 Å². The molecule has 0 bridgehead atoms. The summed E-state index contributed by atoms with van der Waals surface area (Å²) in [5.74, 6) is 0.504. The van der Waals surface area contributed by atoms with Crippen molar-refractivity contribution in [1.29, 1.82) is 0 Å². The highest BCUT2D eigenvalue weighted by molar-refractivity contribution is 6.50. The van der Waals surface area contributed by atoms with Crippen LogP contribution in [-0.4, -0.2) is 35.4 Å². The van der Waals surface area contributed by atoms with Gasteiger partial charge in [-0.25, -0.2) is 4.39 Å². The molecule has 0 aromatic carbocycles. The first-order chi connectivity index (χ1) is 14.9. The molecule has 0 fully saturated rings. The molecule has 1 atom stereocenters. The summed E-state index contributed by atoms with van der Waals surface area (Å²) in [7, 11) is 1.00. The van der Waals surface area contributed by atoms with E-state index in [0.717, 1.165) is 38.3 Å². The minimum absolute atomic E-state index is 0.0103. The third-order valence-corrected chi connectivity index (χ3v) is 5.83. The molecule has 0 amide bonds. The van der Waals surface area contributed by atoms with Gasteiger partial charge in [-0.1, -0.05) is 73.1 Å². The zero-order chi connectivity index (χ0) is 27.5. The standard InChI is InChI=1S/C12H23F.C11H23BO.C4H10O.CH4O/c1-5-7-9-12(8-6-2)10(3)11(4)13;1-8-10(3,4)11(5,6)13-12(7)9-2;1-4(2,3)5;1-2/h12H,5-9H2,1-4H3;8H,1,9H2,2-7H3;5H,1-3H3;2H,1H3/b11-10-;;;. The van der Waals surface area contributed by atoms with Gasteiger partial charge in [0.2, 0.25) is 0 Å². The van der Waals surface area contributed by atoms with Crippen molar-refractivity contribution in [3.8, 4) is 0 Å². The van der Waals surface area contributed by atoms with E-state index >= 15 is 0 Å². The summed E-state index contributed by atoms with van der Waals surface area (Å²) in [5, 5.41) is 15.5. The van der Waals surface area contributed by atoms with Crippen molar-refractivity contribution in [3.05, 3.63) is 24.1 Å². The van der Waals surface area contributed by atoms with Gasteiger partial charge in [-0.2, -0.15) is 0 Å². The molecule has 5 heteroatoms. The van der Waals surface area contributed by atoms with Gasteiger partial charge in [0.05, 0.1) is 17.0 Å². The van der Waals surface area contributed by atoms with E-state index in [-0.39, 0.29) is 16.8 Å². The van der Waals surface area contributed by atoms with E-state index in [1.54, 1.807) is 27.7 Å². The van der Waals surface area contributed by atoms with Gasteiger partial charge in [0.1, 0.15) is 0 Å². The lowest BCUT2D eigenvalue weighted by atomic mass is 9.65. The molecule has 0 aliphatic rings. The molecule has 0 radical (unpaired) electrons. The van der Waals surface area contributed by atoms with Crippen LogP contribution in [0.1, 0.15) is 115 Å². The molecule has 0 aromatic rings. The quantitative estimate of drug-likeness (QED) is 0.232. The van der Waals surface area contributed by atoms with Crippen LogP contribution in [-0.2, 0) is 4.65 Å². The Morgan fingerprint density at radius 3 is 1.67 bits per heavy atom. The first kappa shape index (κ1) is 39.6. The maximum Gasteiger partial charge on any atom is 0.290 e. The Labute approximate surface area is 208 Å². The molecule has 1 unspecified atom stereocenters. The lowest BCUT2D eigenvalue weighted by Crippen LogP contribution is -2.43.